The fraction of sp³-hybridized carbons (Fsp3) is 0.0769. The van der Waals surface area contributed by atoms with Crippen LogP contribution in [0.5, 0.6) is 0 Å². The Bertz CT molecular complexity index is 627. The van der Waals surface area contributed by atoms with Crippen LogP contribution in [0.1, 0.15) is 5.56 Å². The number of thiazole rings is 1. The first-order chi connectivity index (χ1) is 8.36. The minimum absolute atomic E-state index is 0.556. The van der Waals surface area contributed by atoms with E-state index in [2.05, 4.69) is 22.1 Å². The number of pyridine rings is 1. The van der Waals surface area contributed by atoms with Crippen molar-refractivity contribution in [2.24, 2.45) is 5.73 Å². The van der Waals surface area contributed by atoms with Gasteiger partial charge >= 0.3 is 0 Å². The molecule has 0 fully saturated rings. The fourth-order valence-corrected chi connectivity index (χ4v) is 2.66. The summed E-state index contributed by atoms with van der Waals surface area (Å²) in [5.41, 5.74) is 8.89. The lowest BCUT2D eigenvalue weighted by Gasteiger charge is -1.99. The first kappa shape index (κ1) is 10.4. The van der Waals surface area contributed by atoms with Crippen LogP contribution in [0.3, 0.4) is 0 Å². The highest BCUT2D eigenvalue weighted by molar-refractivity contribution is 7.21. The van der Waals surface area contributed by atoms with Gasteiger partial charge in [0, 0.05) is 24.5 Å². The second-order valence-electron chi connectivity index (χ2n) is 3.77. The Morgan fingerprint density at radius 3 is 3.00 bits per heavy atom. The normalized spacial score (nSPS) is 10.9. The highest BCUT2D eigenvalue weighted by Gasteiger charge is 2.06. The van der Waals surface area contributed by atoms with E-state index in [4.69, 9.17) is 5.73 Å². The third-order valence-corrected chi connectivity index (χ3v) is 3.66. The monoisotopic (exact) mass is 241 g/mol. The molecule has 2 aromatic heterocycles. The van der Waals surface area contributed by atoms with Crippen molar-refractivity contribution < 1.29 is 0 Å². The molecule has 0 saturated heterocycles. The van der Waals surface area contributed by atoms with Crippen molar-refractivity contribution in [3.8, 4) is 10.6 Å². The first-order valence-electron chi connectivity index (χ1n) is 5.37. The maximum atomic E-state index is 5.64. The Morgan fingerprint density at radius 2 is 2.18 bits per heavy atom. The summed E-state index contributed by atoms with van der Waals surface area (Å²) in [6.45, 7) is 0.556. The van der Waals surface area contributed by atoms with E-state index in [1.807, 2.05) is 24.4 Å². The Labute approximate surface area is 103 Å². The lowest BCUT2D eigenvalue weighted by molar-refractivity contribution is 1.07. The molecular formula is C13H11N3S. The Hall–Kier alpha value is -1.78. The van der Waals surface area contributed by atoms with Crippen LogP contribution >= 0.6 is 11.3 Å². The van der Waals surface area contributed by atoms with Gasteiger partial charge in [-0.1, -0.05) is 18.2 Å². The molecule has 0 saturated carbocycles. The number of nitrogens with two attached hydrogens (primary N) is 1. The number of aromatic nitrogens is 2. The van der Waals surface area contributed by atoms with Crippen LogP contribution in [0.2, 0.25) is 0 Å². The highest BCUT2D eigenvalue weighted by atomic mass is 32.1. The van der Waals surface area contributed by atoms with Gasteiger partial charge in [0.1, 0.15) is 5.01 Å². The van der Waals surface area contributed by atoms with Gasteiger partial charge in [-0.05, 0) is 17.7 Å². The lowest BCUT2D eigenvalue weighted by Crippen LogP contribution is -1.95. The predicted molar refractivity (Wildman–Crippen MR) is 70.7 cm³/mol. The minimum atomic E-state index is 0.556. The Kier molecular flexibility index (Phi) is 2.59. The molecule has 0 atom stereocenters. The maximum Gasteiger partial charge on any atom is 0.124 e. The average molecular weight is 241 g/mol. The van der Waals surface area contributed by atoms with Crippen LogP contribution in [-0.4, -0.2) is 9.97 Å². The van der Waals surface area contributed by atoms with Gasteiger partial charge in [-0.3, -0.25) is 4.98 Å². The first-order valence-corrected chi connectivity index (χ1v) is 6.18. The van der Waals surface area contributed by atoms with Crippen LogP contribution in [0, 0.1) is 0 Å². The van der Waals surface area contributed by atoms with E-state index in [1.54, 1.807) is 17.5 Å². The molecule has 0 unspecified atom stereocenters. The molecule has 3 rings (SSSR count). The van der Waals surface area contributed by atoms with E-state index in [0.29, 0.717) is 6.54 Å². The third kappa shape index (κ3) is 1.92. The number of hydrogen-bond donors (Lipinski definition) is 1. The van der Waals surface area contributed by atoms with Gasteiger partial charge in [0.25, 0.3) is 0 Å². The van der Waals surface area contributed by atoms with Gasteiger partial charge < -0.3 is 5.73 Å². The maximum absolute atomic E-state index is 5.64. The molecule has 0 spiro atoms. The van der Waals surface area contributed by atoms with Crippen LogP contribution in [0.4, 0.5) is 0 Å². The van der Waals surface area contributed by atoms with Crippen molar-refractivity contribution in [3.63, 3.8) is 0 Å². The molecule has 4 heteroatoms. The Balaban J connectivity index is 2.13. The van der Waals surface area contributed by atoms with Gasteiger partial charge in [-0.2, -0.15) is 0 Å². The molecule has 2 heterocycles. The Morgan fingerprint density at radius 1 is 1.24 bits per heavy atom. The second-order valence-corrected chi connectivity index (χ2v) is 4.80. The SMILES string of the molecule is NCc1cccc(-c2nc3ccncc3s2)c1. The molecule has 0 aliphatic rings. The predicted octanol–water partition coefficient (Wildman–Crippen LogP) is 2.82. The van der Waals surface area contributed by atoms with E-state index in [-0.39, 0.29) is 0 Å². The van der Waals surface area contributed by atoms with Crippen molar-refractivity contribution in [1.29, 1.82) is 0 Å². The summed E-state index contributed by atoms with van der Waals surface area (Å²) in [5.74, 6) is 0. The number of hydrogen-bond acceptors (Lipinski definition) is 4. The summed E-state index contributed by atoms with van der Waals surface area (Å²) in [4.78, 5) is 8.70. The quantitative estimate of drug-likeness (QED) is 0.750. The van der Waals surface area contributed by atoms with Gasteiger partial charge in [0.2, 0.25) is 0 Å². The van der Waals surface area contributed by atoms with Gasteiger partial charge in [0.15, 0.2) is 0 Å². The fourth-order valence-electron chi connectivity index (χ4n) is 1.73. The largest absolute Gasteiger partial charge is 0.326 e. The minimum Gasteiger partial charge on any atom is -0.326 e. The van der Waals surface area contributed by atoms with Crippen LogP contribution in [0.15, 0.2) is 42.7 Å². The van der Waals surface area contributed by atoms with Crippen molar-refractivity contribution in [1.82, 2.24) is 9.97 Å². The van der Waals surface area contributed by atoms with E-state index in [9.17, 15) is 0 Å². The van der Waals surface area contributed by atoms with Crippen LogP contribution in [-0.2, 0) is 6.54 Å². The van der Waals surface area contributed by atoms with Crippen LogP contribution < -0.4 is 5.73 Å². The number of benzene rings is 1. The van der Waals surface area contributed by atoms with E-state index < -0.39 is 0 Å². The molecule has 0 aliphatic carbocycles. The molecular weight excluding hydrogens is 230 g/mol. The van der Waals surface area contributed by atoms with E-state index in [1.165, 1.54) is 0 Å². The van der Waals surface area contributed by atoms with Crippen molar-refractivity contribution >= 4 is 21.6 Å². The smallest absolute Gasteiger partial charge is 0.124 e. The molecule has 1 aromatic carbocycles. The summed E-state index contributed by atoms with van der Waals surface area (Å²) in [7, 11) is 0. The summed E-state index contributed by atoms with van der Waals surface area (Å²) in [6, 6.07) is 10.1. The van der Waals surface area contributed by atoms with Gasteiger partial charge in [-0.25, -0.2) is 4.98 Å². The molecule has 3 aromatic rings. The van der Waals surface area contributed by atoms with Gasteiger partial charge in [-0.15, -0.1) is 11.3 Å². The molecule has 0 aliphatic heterocycles. The zero-order valence-electron chi connectivity index (χ0n) is 9.13. The highest BCUT2D eigenvalue weighted by Crippen LogP contribution is 2.29. The third-order valence-electron chi connectivity index (χ3n) is 2.60. The average Bonchev–Trinajstić information content (AvgIpc) is 2.82. The molecule has 84 valence electrons. The molecule has 0 bridgehead atoms. The summed E-state index contributed by atoms with van der Waals surface area (Å²) in [5, 5.41) is 1.02. The zero-order valence-corrected chi connectivity index (χ0v) is 9.95. The number of nitrogens with zero attached hydrogens (tertiary/aromatic N) is 2. The lowest BCUT2D eigenvalue weighted by atomic mass is 10.1. The van der Waals surface area contributed by atoms with Crippen LogP contribution in [0.25, 0.3) is 20.8 Å². The number of rotatable bonds is 2. The topological polar surface area (TPSA) is 51.8 Å². The van der Waals surface area contributed by atoms with Crippen molar-refractivity contribution in [2.45, 2.75) is 6.54 Å². The summed E-state index contributed by atoms with van der Waals surface area (Å²) in [6.07, 6.45) is 3.62. The molecule has 2 N–H and O–H groups in total. The van der Waals surface area contributed by atoms with E-state index >= 15 is 0 Å². The zero-order chi connectivity index (χ0) is 11.7. The summed E-state index contributed by atoms with van der Waals surface area (Å²) < 4.78 is 1.11. The second kappa shape index (κ2) is 4.24. The molecule has 17 heavy (non-hydrogen) atoms. The molecule has 0 amide bonds. The summed E-state index contributed by atoms with van der Waals surface area (Å²) >= 11 is 1.66. The van der Waals surface area contributed by atoms with E-state index in [0.717, 1.165) is 26.4 Å². The van der Waals surface area contributed by atoms with Crippen molar-refractivity contribution in [2.75, 3.05) is 0 Å². The van der Waals surface area contributed by atoms with Crippen molar-refractivity contribution in [3.05, 3.63) is 48.3 Å². The molecule has 3 nitrogen and oxygen atoms in total. The standard InChI is InChI=1S/C13H11N3S/c14-7-9-2-1-3-10(6-9)13-16-11-4-5-15-8-12(11)17-13/h1-6,8H,7,14H2. The molecule has 0 radical (unpaired) electrons. The number of fused-ring (bicyclic) bond motifs is 1. The van der Waals surface area contributed by atoms with Gasteiger partial charge in [0.05, 0.1) is 10.2 Å².